The van der Waals surface area contributed by atoms with Crippen molar-refractivity contribution in [2.75, 3.05) is 26.8 Å². The summed E-state index contributed by atoms with van der Waals surface area (Å²) in [6.07, 6.45) is 3.73. The van der Waals surface area contributed by atoms with Gasteiger partial charge in [0.1, 0.15) is 0 Å². The van der Waals surface area contributed by atoms with Crippen LogP contribution in [-0.4, -0.2) is 43.8 Å². The largest absolute Gasteiger partial charge is 0.383 e. The van der Waals surface area contributed by atoms with Gasteiger partial charge in [-0.2, -0.15) is 0 Å². The Labute approximate surface area is 94.0 Å². The molecule has 1 rings (SSSR count). The molecule has 3 nitrogen and oxygen atoms in total. The zero-order chi connectivity index (χ0) is 11.3. The van der Waals surface area contributed by atoms with E-state index in [1.54, 1.807) is 7.11 Å². The first-order chi connectivity index (χ1) is 7.22. The van der Waals surface area contributed by atoms with E-state index < -0.39 is 0 Å². The van der Waals surface area contributed by atoms with Crippen molar-refractivity contribution >= 4 is 0 Å². The molecule has 2 N–H and O–H groups in total. The average Bonchev–Trinajstić information content (AvgIpc) is 2.27. The summed E-state index contributed by atoms with van der Waals surface area (Å²) >= 11 is 0. The van der Waals surface area contributed by atoms with Crippen LogP contribution in [0.15, 0.2) is 0 Å². The lowest BCUT2D eigenvalue weighted by Crippen LogP contribution is -2.50. The number of nitrogens with two attached hydrogens (primary N) is 1. The van der Waals surface area contributed by atoms with Crippen LogP contribution in [0, 0.1) is 5.92 Å². The van der Waals surface area contributed by atoms with Gasteiger partial charge in [0.2, 0.25) is 0 Å². The van der Waals surface area contributed by atoms with Crippen molar-refractivity contribution in [1.82, 2.24) is 4.90 Å². The molecule has 1 saturated heterocycles. The van der Waals surface area contributed by atoms with Crippen LogP contribution in [-0.2, 0) is 4.74 Å². The third kappa shape index (κ3) is 3.44. The van der Waals surface area contributed by atoms with Crippen molar-refractivity contribution in [3.05, 3.63) is 0 Å². The highest BCUT2D eigenvalue weighted by molar-refractivity contribution is 4.83. The van der Waals surface area contributed by atoms with Crippen LogP contribution in [0.1, 0.15) is 33.1 Å². The van der Waals surface area contributed by atoms with Gasteiger partial charge in [0.25, 0.3) is 0 Å². The van der Waals surface area contributed by atoms with Gasteiger partial charge in [-0.05, 0) is 38.6 Å². The van der Waals surface area contributed by atoms with Gasteiger partial charge in [-0.25, -0.2) is 0 Å². The zero-order valence-corrected chi connectivity index (χ0v) is 10.4. The number of rotatable bonds is 5. The van der Waals surface area contributed by atoms with Gasteiger partial charge >= 0.3 is 0 Å². The summed E-state index contributed by atoms with van der Waals surface area (Å²) in [5.74, 6) is 0.687. The highest BCUT2D eigenvalue weighted by Gasteiger charge is 2.29. The Morgan fingerprint density at radius 3 is 2.73 bits per heavy atom. The lowest BCUT2D eigenvalue weighted by molar-refractivity contribution is 0.0269. The minimum atomic E-state index is 0.569. The van der Waals surface area contributed by atoms with Crippen molar-refractivity contribution in [3.63, 3.8) is 0 Å². The third-order valence-corrected chi connectivity index (χ3v) is 3.66. The molecule has 1 aliphatic rings. The predicted molar refractivity (Wildman–Crippen MR) is 63.9 cm³/mol. The Balaban J connectivity index is 2.54. The molecule has 0 spiro atoms. The molecule has 0 aromatic heterocycles. The topological polar surface area (TPSA) is 38.5 Å². The summed E-state index contributed by atoms with van der Waals surface area (Å²) in [6.45, 7) is 7.39. The monoisotopic (exact) mass is 214 g/mol. The normalized spacial score (nSPS) is 30.4. The van der Waals surface area contributed by atoms with E-state index in [4.69, 9.17) is 10.5 Å². The molecule has 0 aliphatic carbocycles. The molecule has 15 heavy (non-hydrogen) atoms. The van der Waals surface area contributed by atoms with E-state index in [0.717, 1.165) is 26.1 Å². The number of hydrogen-bond acceptors (Lipinski definition) is 3. The summed E-state index contributed by atoms with van der Waals surface area (Å²) in [4.78, 5) is 2.59. The molecule has 1 fully saturated rings. The summed E-state index contributed by atoms with van der Waals surface area (Å²) in [6, 6.07) is 1.26. The second kappa shape index (κ2) is 6.46. The van der Waals surface area contributed by atoms with E-state index in [-0.39, 0.29) is 0 Å². The number of piperidine rings is 1. The van der Waals surface area contributed by atoms with Crippen molar-refractivity contribution in [1.29, 1.82) is 0 Å². The second-order valence-corrected chi connectivity index (χ2v) is 4.74. The first kappa shape index (κ1) is 12.9. The molecule has 1 heterocycles. The highest BCUT2D eigenvalue weighted by atomic mass is 16.5. The summed E-state index contributed by atoms with van der Waals surface area (Å²) in [7, 11) is 1.79. The fourth-order valence-corrected chi connectivity index (χ4v) is 2.55. The van der Waals surface area contributed by atoms with Crippen LogP contribution in [0.5, 0.6) is 0 Å². The van der Waals surface area contributed by atoms with E-state index >= 15 is 0 Å². The van der Waals surface area contributed by atoms with E-state index in [1.807, 2.05) is 0 Å². The third-order valence-electron chi connectivity index (χ3n) is 3.66. The molecule has 0 radical (unpaired) electrons. The molecular weight excluding hydrogens is 188 g/mol. The lowest BCUT2D eigenvalue weighted by Gasteiger charge is -2.42. The molecule has 0 aromatic carbocycles. The van der Waals surface area contributed by atoms with E-state index in [9.17, 15) is 0 Å². The number of hydrogen-bond donors (Lipinski definition) is 1. The fourth-order valence-electron chi connectivity index (χ4n) is 2.55. The Kier molecular flexibility index (Phi) is 5.58. The van der Waals surface area contributed by atoms with Crippen LogP contribution < -0.4 is 5.73 Å². The van der Waals surface area contributed by atoms with Crippen LogP contribution in [0.3, 0.4) is 0 Å². The maximum Gasteiger partial charge on any atom is 0.0618 e. The predicted octanol–water partition coefficient (Wildman–Crippen LogP) is 1.47. The van der Waals surface area contributed by atoms with Crippen LogP contribution >= 0.6 is 0 Å². The molecular formula is C12H26N2O. The lowest BCUT2D eigenvalue weighted by atomic mass is 9.92. The van der Waals surface area contributed by atoms with Gasteiger partial charge in [0.05, 0.1) is 6.61 Å². The second-order valence-electron chi connectivity index (χ2n) is 4.74. The molecule has 0 aromatic rings. The van der Waals surface area contributed by atoms with Gasteiger partial charge in [-0.1, -0.05) is 6.92 Å². The van der Waals surface area contributed by atoms with Gasteiger partial charge in [-0.3, -0.25) is 4.90 Å². The smallest absolute Gasteiger partial charge is 0.0618 e. The standard InChI is InChI=1S/C12H26N2O/c1-4-12(9-15-3)14-8-11(7-13)6-5-10(14)2/h10-12H,4-9,13H2,1-3H3. The number of ether oxygens (including phenoxy) is 1. The van der Waals surface area contributed by atoms with Crippen LogP contribution in [0.4, 0.5) is 0 Å². The van der Waals surface area contributed by atoms with Crippen LogP contribution in [0.25, 0.3) is 0 Å². The summed E-state index contributed by atoms with van der Waals surface area (Å²) in [5, 5.41) is 0. The molecule has 0 saturated carbocycles. The molecule has 3 heteroatoms. The molecule has 3 atom stereocenters. The Bertz CT molecular complexity index is 175. The number of likely N-dealkylation sites (tertiary alicyclic amines) is 1. The average molecular weight is 214 g/mol. The first-order valence-electron chi connectivity index (χ1n) is 6.17. The Hall–Kier alpha value is -0.120. The Morgan fingerprint density at radius 1 is 1.47 bits per heavy atom. The maximum absolute atomic E-state index is 5.77. The maximum atomic E-state index is 5.77. The minimum absolute atomic E-state index is 0.569. The SMILES string of the molecule is CCC(COC)N1CC(CN)CCC1C. The fraction of sp³-hybridized carbons (Fsp3) is 1.00. The quantitative estimate of drug-likeness (QED) is 0.753. The molecule has 3 unspecified atom stereocenters. The van der Waals surface area contributed by atoms with E-state index in [1.165, 1.54) is 12.8 Å². The van der Waals surface area contributed by atoms with Crippen molar-refractivity contribution < 1.29 is 4.74 Å². The van der Waals surface area contributed by atoms with Crippen LogP contribution in [0.2, 0.25) is 0 Å². The minimum Gasteiger partial charge on any atom is -0.383 e. The first-order valence-corrected chi connectivity index (χ1v) is 6.17. The number of nitrogens with zero attached hydrogens (tertiary/aromatic N) is 1. The van der Waals surface area contributed by atoms with E-state index in [2.05, 4.69) is 18.7 Å². The highest BCUT2D eigenvalue weighted by Crippen LogP contribution is 2.24. The van der Waals surface area contributed by atoms with Crippen molar-refractivity contribution in [3.8, 4) is 0 Å². The van der Waals surface area contributed by atoms with Gasteiger partial charge in [0, 0.05) is 25.7 Å². The Morgan fingerprint density at radius 2 is 2.20 bits per heavy atom. The van der Waals surface area contributed by atoms with Crippen molar-refractivity contribution in [2.45, 2.75) is 45.2 Å². The number of methoxy groups -OCH3 is 1. The summed E-state index contributed by atoms with van der Waals surface area (Å²) < 4.78 is 5.29. The molecule has 90 valence electrons. The zero-order valence-electron chi connectivity index (χ0n) is 10.4. The van der Waals surface area contributed by atoms with Gasteiger partial charge < -0.3 is 10.5 Å². The van der Waals surface area contributed by atoms with E-state index in [0.29, 0.717) is 18.0 Å². The van der Waals surface area contributed by atoms with Crippen molar-refractivity contribution in [2.24, 2.45) is 11.7 Å². The van der Waals surface area contributed by atoms with Gasteiger partial charge in [-0.15, -0.1) is 0 Å². The summed E-state index contributed by atoms with van der Waals surface area (Å²) in [5.41, 5.74) is 5.77. The molecule has 1 aliphatic heterocycles. The molecule has 0 bridgehead atoms. The van der Waals surface area contributed by atoms with Gasteiger partial charge in [0.15, 0.2) is 0 Å². The molecule has 0 amide bonds.